The zero-order chi connectivity index (χ0) is 12.0. The molecule has 1 aromatic rings. The fourth-order valence-corrected chi connectivity index (χ4v) is 1.97. The Morgan fingerprint density at radius 2 is 1.81 bits per heavy atom. The molecule has 0 heterocycles. The van der Waals surface area contributed by atoms with Crippen molar-refractivity contribution in [2.45, 2.75) is 33.6 Å². The number of benzene rings is 1. The summed E-state index contributed by atoms with van der Waals surface area (Å²) in [5.41, 5.74) is 1.71. The lowest BCUT2D eigenvalue weighted by atomic mass is 9.83. The smallest absolute Gasteiger partial charge is 0.0406 e. The van der Waals surface area contributed by atoms with E-state index in [4.69, 9.17) is 11.6 Å². The van der Waals surface area contributed by atoms with E-state index >= 15 is 0 Å². The number of hydrogen-bond donors (Lipinski definition) is 1. The molecule has 2 heteroatoms. The molecule has 90 valence electrons. The van der Waals surface area contributed by atoms with Crippen LogP contribution in [0.5, 0.6) is 0 Å². The molecule has 0 radical (unpaired) electrons. The van der Waals surface area contributed by atoms with Crippen LogP contribution in [0.2, 0.25) is 5.02 Å². The van der Waals surface area contributed by atoms with E-state index < -0.39 is 0 Å². The molecule has 0 aromatic heterocycles. The Morgan fingerprint density at radius 1 is 1.19 bits per heavy atom. The van der Waals surface area contributed by atoms with Crippen LogP contribution in [0.25, 0.3) is 0 Å². The number of rotatable bonds is 6. The minimum atomic E-state index is 0.343. The second-order valence-corrected chi connectivity index (χ2v) is 5.51. The normalized spacial score (nSPS) is 11.8. The van der Waals surface area contributed by atoms with Crippen LogP contribution < -0.4 is 5.32 Å². The number of nitrogens with one attached hydrogen (secondary N) is 1. The van der Waals surface area contributed by atoms with Crippen molar-refractivity contribution in [3.05, 3.63) is 34.9 Å². The van der Waals surface area contributed by atoms with Gasteiger partial charge in [-0.15, -0.1) is 0 Å². The van der Waals surface area contributed by atoms with Crippen LogP contribution in [0.3, 0.4) is 0 Å². The molecule has 0 amide bonds. The molecule has 1 rings (SSSR count). The van der Waals surface area contributed by atoms with Crippen molar-refractivity contribution in [2.75, 3.05) is 13.1 Å². The quantitative estimate of drug-likeness (QED) is 0.743. The van der Waals surface area contributed by atoms with Crippen molar-refractivity contribution >= 4 is 11.6 Å². The Labute approximate surface area is 104 Å². The average Bonchev–Trinajstić information content (AvgIpc) is 2.21. The molecular formula is C14H22ClN. The van der Waals surface area contributed by atoms with E-state index in [2.05, 4.69) is 38.2 Å². The summed E-state index contributed by atoms with van der Waals surface area (Å²) in [6, 6.07) is 8.18. The third kappa shape index (κ3) is 5.00. The summed E-state index contributed by atoms with van der Waals surface area (Å²) in [5.74, 6) is 0. The monoisotopic (exact) mass is 239 g/mol. The van der Waals surface area contributed by atoms with E-state index in [0.717, 1.165) is 24.5 Å². The highest BCUT2D eigenvalue weighted by molar-refractivity contribution is 6.30. The summed E-state index contributed by atoms with van der Waals surface area (Å²) in [7, 11) is 0. The second kappa shape index (κ2) is 6.27. The summed E-state index contributed by atoms with van der Waals surface area (Å²) in [6.07, 6.45) is 2.30. The van der Waals surface area contributed by atoms with Crippen LogP contribution in [0.4, 0.5) is 0 Å². The largest absolute Gasteiger partial charge is 0.317 e. The van der Waals surface area contributed by atoms with Crippen LogP contribution in [0.1, 0.15) is 32.8 Å². The summed E-state index contributed by atoms with van der Waals surface area (Å²) in [4.78, 5) is 0. The Balaban J connectivity index is 2.48. The van der Waals surface area contributed by atoms with Gasteiger partial charge in [0.1, 0.15) is 0 Å². The first-order valence-corrected chi connectivity index (χ1v) is 6.36. The zero-order valence-corrected chi connectivity index (χ0v) is 11.3. The molecule has 0 saturated carbocycles. The summed E-state index contributed by atoms with van der Waals surface area (Å²) >= 11 is 5.88. The van der Waals surface area contributed by atoms with Gasteiger partial charge >= 0.3 is 0 Å². The number of hydrogen-bond acceptors (Lipinski definition) is 1. The fourth-order valence-electron chi connectivity index (χ4n) is 1.85. The lowest BCUT2D eigenvalue weighted by Gasteiger charge is -2.24. The maximum Gasteiger partial charge on any atom is 0.0406 e. The van der Waals surface area contributed by atoms with Gasteiger partial charge in [0.25, 0.3) is 0 Å². The average molecular weight is 240 g/mol. The molecule has 1 nitrogen and oxygen atoms in total. The minimum absolute atomic E-state index is 0.343. The molecule has 0 aliphatic heterocycles. The lowest BCUT2D eigenvalue weighted by molar-refractivity contribution is 0.327. The second-order valence-electron chi connectivity index (χ2n) is 5.07. The Bertz CT molecular complexity index is 303. The standard InChI is InChI=1S/C14H22ClN/c1-4-16-10-9-14(2,3)11-12-5-7-13(15)8-6-12/h5-8,16H,4,9-11H2,1-3H3. The van der Waals surface area contributed by atoms with Crippen LogP contribution >= 0.6 is 11.6 Å². The van der Waals surface area contributed by atoms with E-state index in [0.29, 0.717) is 5.41 Å². The van der Waals surface area contributed by atoms with Crippen LogP contribution in [-0.2, 0) is 6.42 Å². The van der Waals surface area contributed by atoms with E-state index in [-0.39, 0.29) is 0 Å². The molecule has 1 N–H and O–H groups in total. The summed E-state index contributed by atoms with van der Waals surface area (Å²) < 4.78 is 0. The van der Waals surface area contributed by atoms with Gasteiger partial charge in [0.05, 0.1) is 0 Å². The van der Waals surface area contributed by atoms with Gasteiger partial charge in [0.15, 0.2) is 0 Å². The van der Waals surface area contributed by atoms with Gasteiger partial charge in [-0.2, -0.15) is 0 Å². The Hall–Kier alpha value is -0.530. The van der Waals surface area contributed by atoms with Gasteiger partial charge in [-0.3, -0.25) is 0 Å². The van der Waals surface area contributed by atoms with Gasteiger partial charge in [0.2, 0.25) is 0 Å². The molecule has 0 fully saturated rings. The molecule has 16 heavy (non-hydrogen) atoms. The summed E-state index contributed by atoms with van der Waals surface area (Å²) in [6.45, 7) is 8.93. The van der Waals surface area contributed by atoms with Crippen molar-refractivity contribution in [1.82, 2.24) is 5.32 Å². The first kappa shape index (κ1) is 13.5. The van der Waals surface area contributed by atoms with Crippen LogP contribution in [0, 0.1) is 5.41 Å². The molecule has 0 bridgehead atoms. The first-order chi connectivity index (χ1) is 7.53. The topological polar surface area (TPSA) is 12.0 Å². The van der Waals surface area contributed by atoms with Crippen LogP contribution in [0.15, 0.2) is 24.3 Å². The third-order valence-corrected chi connectivity index (χ3v) is 3.08. The molecule has 0 unspecified atom stereocenters. The fraction of sp³-hybridized carbons (Fsp3) is 0.571. The van der Waals surface area contributed by atoms with Crippen molar-refractivity contribution in [3.8, 4) is 0 Å². The minimum Gasteiger partial charge on any atom is -0.317 e. The van der Waals surface area contributed by atoms with E-state index in [1.807, 2.05) is 12.1 Å². The molecule has 0 atom stereocenters. The first-order valence-electron chi connectivity index (χ1n) is 5.99. The maximum atomic E-state index is 5.88. The highest BCUT2D eigenvalue weighted by atomic mass is 35.5. The molecule has 1 aromatic carbocycles. The van der Waals surface area contributed by atoms with Crippen molar-refractivity contribution < 1.29 is 0 Å². The van der Waals surface area contributed by atoms with Gasteiger partial charge in [-0.1, -0.05) is 44.5 Å². The zero-order valence-electron chi connectivity index (χ0n) is 10.5. The number of halogens is 1. The molecule has 0 aliphatic carbocycles. The van der Waals surface area contributed by atoms with E-state index in [1.165, 1.54) is 12.0 Å². The Morgan fingerprint density at radius 3 is 2.38 bits per heavy atom. The van der Waals surface area contributed by atoms with Crippen molar-refractivity contribution in [1.29, 1.82) is 0 Å². The molecular weight excluding hydrogens is 218 g/mol. The molecule has 0 saturated heterocycles. The van der Waals surface area contributed by atoms with E-state index in [1.54, 1.807) is 0 Å². The van der Waals surface area contributed by atoms with E-state index in [9.17, 15) is 0 Å². The van der Waals surface area contributed by atoms with Crippen LogP contribution in [-0.4, -0.2) is 13.1 Å². The SMILES string of the molecule is CCNCCC(C)(C)Cc1ccc(Cl)cc1. The van der Waals surface area contributed by atoms with Gasteiger partial charge in [0, 0.05) is 5.02 Å². The van der Waals surface area contributed by atoms with Gasteiger partial charge in [-0.25, -0.2) is 0 Å². The highest BCUT2D eigenvalue weighted by Crippen LogP contribution is 2.26. The molecule has 0 spiro atoms. The predicted octanol–water partition coefficient (Wildman–Crippen LogP) is 3.91. The van der Waals surface area contributed by atoms with Gasteiger partial charge < -0.3 is 5.32 Å². The Kier molecular flexibility index (Phi) is 5.30. The predicted molar refractivity (Wildman–Crippen MR) is 72.1 cm³/mol. The molecule has 0 aliphatic rings. The lowest BCUT2D eigenvalue weighted by Crippen LogP contribution is -2.23. The third-order valence-electron chi connectivity index (χ3n) is 2.82. The highest BCUT2D eigenvalue weighted by Gasteiger charge is 2.17. The van der Waals surface area contributed by atoms with Gasteiger partial charge in [-0.05, 0) is 49.0 Å². The van der Waals surface area contributed by atoms with Crippen molar-refractivity contribution in [3.63, 3.8) is 0 Å². The summed E-state index contributed by atoms with van der Waals surface area (Å²) in [5, 5.41) is 4.19. The maximum absolute atomic E-state index is 5.88. The van der Waals surface area contributed by atoms with Crippen molar-refractivity contribution in [2.24, 2.45) is 5.41 Å².